The van der Waals surface area contributed by atoms with Gasteiger partial charge in [-0.3, -0.25) is 0 Å². The molecule has 0 bridgehead atoms. The molecule has 3 rings (SSSR count). The fourth-order valence-electron chi connectivity index (χ4n) is 3.33. The van der Waals surface area contributed by atoms with Gasteiger partial charge in [0, 0.05) is 0 Å². The first-order valence-electron chi connectivity index (χ1n) is 6.98. The number of hydrogen-bond acceptors (Lipinski definition) is 0. The molecule has 1 aromatic carbocycles. The molecule has 0 N–H and O–H groups in total. The van der Waals surface area contributed by atoms with Gasteiger partial charge in [-0.2, -0.15) is 0 Å². The van der Waals surface area contributed by atoms with E-state index in [9.17, 15) is 0 Å². The summed E-state index contributed by atoms with van der Waals surface area (Å²) in [6.45, 7) is 0. The van der Waals surface area contributed by atoms with Crippen LogP contribution in [0.3, 0.4) is 0 Å². The highest BCUT2D eigenvalue weighted by Crippen LogP contribution is 2.53. The van der Waals surface area contributed by atoms with Crippen LogP contribution in [-0.2, 0) is 0 Å². The maximum Gasteiger partial charge on any atom is -0.0163 e. The van der Waals surface area contributed by atoms with Gasteiger partial charge in [0.15, 0.2) is 0 Å². The number of hydrogen-bond donors (Lipinski definition) is 0. The van der Waals surface area contributed by atoms with Gasteiger partial charge in [0.1, 0.15) is 0 Å². The lowest BCUT2D eigenvalue weighted by molar-refractivity contribution is 0.660. The van der Waals surface area contributed by atoms with Gasteiger partial charge in [-0.1, -0.05) is 38.3 Å². The van der Waals surface area contributed by atoms with Gasteiger partial charge in [0.25, 0.3) is 0 Å². The van der Waals surface area contributed by atoms with Crippen molar-refractivity contribution in [3.8, 4) is 0 Å². The van der Waals surface area contributed by atoms with Crippen molar-refractivity contribution in [3.63, 3.8) is 0 Å². The zero-order valence-corrected chi connectivity index (χ0v) is 12.3. The van der Waals surface area contributed by atoms with E-state index in [1.54, 1.807) is 11.7 Å². The van der Waals surface area contributed by atoms with E-state index in [0.717, 1.165) is 11.3 Å². The summed E-state index contributed by atoms with van der Waals surface area (Å²) in [5, 5.41) is 1.67. The van der Waals surface area contributed by atoms with Crippen molar-refractivity contribution in [2.24, 2.45) is 0 Å². The van der Waals surface area contributed by atoms with Crippen LogP contribution in [0.25, 0.3) is 0 Å². The Balaban J connectivity index is 1.67. The Morgan fingerprint density at radius 2 is 2.00 bits per heavy atom. The third-order valence-corrected chi connectivity index (χ3v) is 9.04. The molecule has 2 heterocycles. The van der Waals surface area contributed by atoms with Crippen molar-refractivity contribution in [2.45, 2.75) is 43.4 Å². The SMILES string of the molecule is c1ccc(P2CCC[C@@H]2CC2CCCP2)cc1. The predicted octanol–water partition coefficient (Wildman–Crippen LogP) is 4.19. The fourth-order valence-corrected chi connectivity index (χ4v) is 8.33. The van der Waals surface area contributed by atoms with Crippen LogP contribution in [0.1, 0.15) is 32.1 Å². The summed E-state index contributed by atoms with van der Waals surface area (Å²) in [6, 6.07) is 11.4. The Morgan fingerprint density at radius 3 is 2.76 bits per heavy atom. The van der Waals surface area contributed by atoms with Crippen LogP contribution in [0, 0.1) is 0 Å². The predicted molar refractivity (Wildman–Crippen MR) is 81.7 cm³/mol. The summed E-state index contributed by atoms with van der Waals surface area (Å²) in [5.74, 6) is 0. The standard InChI is InChI=1S/C15H22P2/c1-2-7-14(8-3-1)17-11-5-9-15(17)12-13-6-4-10-16-13/h1-3,7-8,13,15-16H,4-6,9-12H2/t13?,15-,17?/m1/s1. The molecular weight excluding hydrogens is 242 g/mol. The van der Waals surface area contributed by atoms with Crippen molar-refractivity contribution in [1.82, 2.24) is 0 Å². The monoisotopic (exact) mass is 264 g/mol. The summed E-state index contributed by atoms with van der Waals surface area (Å²) >= 11 is 0. The Kier molecular flexibility index (Phi) is 4.15. The van der Waals surface area contributed by atoms with Crippen LogP contribution >= 0.6 is 16.5 Å². The minimum atomic E-state index is 0.185. The minimum absolute atomic E-state index is 0.185. The molecule has 2 saturated heterocycles. The van der Waals surface area contributed by atoms with Gasteiger partial charge in [0.2, 0.25) is 0 Å². The molecule has 1 aromatic rings. The van der Waals surface area contributed by atoms with Gasteiger partial charge < -0.3 is 0 Å². The fraction of sp³-hybridized carbons (Fsp3) is 0.600. The van der Waals surface area contributed by atoms with Gasteiger partial charge in [-0.15, -0.1) is 8.58 Å². The van der Waals surface area contributed by atoms with Gasteiger partial charge in [0.05, 0.1) is 0 Å². The molecule has 0 nitrogen and oxygen atoms in total. The largest absolute Gasteiger partial charge is 0.119 e. The molecule has 17 heavy (non-hydrogen) atoms. The molecule has 4 atom stereocenters. The van der Waals surface area contributed by atoms with Crippen LogP contribution in [-0.4, -0.2) is 23.6 Å². The lowest BCUT2D eigenvalue weighted by Crippen LogP contribution is -2.14. The van der Waals surface area contributed by atoms with Crippen LogP contribution in [0.2, 0.25) is 0 Å². The topological polar surface area (TPSA) is 0 Å². The lowest BCUT2D eigenvalue weighted by atomic mass is 10.1. The molecular formula is C15H22P2. The molecule has 3 unspecified atom stereocenters. The molecule has 0 amide bonds. The van der Waals surface area contributed by atoms with Crippen LogP contribution < -0.4 is 5.30 Å². The second kappa shape index (κ2) is 5.81. The van der Waals surface area contributed by atoms with Crippen molar-refractivity contribution >= 4 is 21.8 Å². The molecule has 0 aliphatic carbocycles. The maximum absolute atomic E-state index is 2.38. The second-order valence-corrected chi connectivity index (χ2v) is 9.71. The quantitative estimate of drug-likeness (QED) is 0.718. The van der Waals surface area contributed by atoms with Crippen molar-refractivity contribution in [1.29, 1.82) is 0 Å². The highest BCUT2D eigenvalue weighted by Gasteiger charge is 2.30. The molecule has 2 aliphatic rings. The zero-order valence-electron chi connectivity index (χ0n) is 10.4. The van der Waals surface area contributed by atoms with Crippen LogP contribution in [0.4, 0.5) is 0 Å². The Morgan fingerprint density at radius 1 is 1.12 bits per heavy atom. The van der Waals surface area contributed by atoms with Crippen molar-refractivity contribution < 1.29 is 0 Å². The average molecular weight is 264 g/mol. The number of rotatable bonds is 3. The molecule has 2 heteroatoms. The molecule has 0 radical (unpaired) electrons. The summed E-state index contributed by atoms with van der Waals surface area (Å²) < 4.78 is 0. The van der Waals surface area contributed by atoms with Gasteiger partial charge >= 0.3 is 0 Å². The van der Waals surface area contributed by atoms with Crippen LogP contribution in [0.15, 0.2) is 30.3 Å². The van der Waals surface area contributed by atoms with E-state index < -0.39 is 0 Å². The smallest absolute Gasteiger partial charge is 0.0163 e. The van der Waals surface area contributed by atoms with E-state index in [-0.39, 0.29) is 7.92 Å². The molecule has 92 valence electrons. The molecule has 2 aliphatic heterocycles. The van der Waals surface area contributed by atoms with Crippen LogP contribution in [0.5, 0.6) is 0 Å². The first kappa shape index (κ1) is 12.1. The Hall–Kier alpha value is 0.0800. The summed E-state index contributed by atoms with van der Waals surface area (Å²) in [6.07, 6.45) is 10.6. The third-order valence-electron chi connectivity index (χ3n) is 4.18. The van der Waals surface area contributed by atoms with Crippen molar-refractivity contribution in [3.05, 3.63) is 30.3 Å². The summed E-state index contributed by atoms with van der Waals surface area (Å²) in [7, 11) is 1.47. The third kappa shape index (κ3) is 2.91. The van der Waals surface area contributed by atoms with Gasteiger partial charge in [-0.05, 0) is 61.1 Å². The molecule has 0 saturated carbocycles. The lowest BCUT2D eigenvalue weighted by Gasteiger charge is -2.23. The van der Waals surface area contributed by atoms with Gasteiger partial charge in [-0.25, -0.2) is 0 Å². The van der Waals surface area contributed by atoms with E-state index in [1.165, 1.54) is 46.6 Å². The van der Waals surface area contributed by atoms with E-state index >= 15 is 0 Å². The first-order valence-corrected chi connectivity index (χ1v) is 9.86. The summed E-state index contributed by atoms with van der Waals surface area (Å²) in [4.78, 5) is 0. The van der Waals surface area contributed by atoms with E-state index in [0.29, 0.717) is 0 Å². The highest BCUT2D eigenvalue weighted by atomic mass is 31.1. The van der Waals surface area contributed by atoms with Crippen molar-refractivity contribution in [2.75, 3.05) is 12.3 Å². The average Bonchev–Trinajstić information content (AvgIpc) is 3.02. The van der Waals surface area contributed by atoms with E-state index in [4.69, 9.17) is 0 Å². The molecule has 0 aromatic heterocycles. The molecule has 2 fully saturated rings. The Bertz CT molecular complexity index is 343. The van der Waals surface area contributed by atoms with E-state index in [1.807, 2.05) is 0 Å². The minimum Gasteiger partial charge on any atom is -0.119 e. The normalized spacial score (nSPS) is 34.5. The van der Waals surface area contributed by atoms with E-state index in [2.05, 4.69) is 30.3 Å². The molecule has 0 spiro atoms. The summed E-state index contributed by atoms with van der Waals surface area (Å²) in [5.41, 5.74) is 2.16. The number of benzene rings is 1. The second-order valence-electron chi connectivity index (χ2n) is 5.35. The maximum atomic E-state index is 2.38. The first-order chi connectivity index (χ1) is 8.43. The zero-order chi connectivity index (χ0) is 11.5. The Labute approximate surface area is 108 Å². The highest BCUT2D eigenvalue weighted by molar-refractivity contribution is 7.66.